The monoisotopic (exact) mass is 369 g/mol. The number of carbonyl (C=O) groups is 2. The molecule has 1 aromatic heterocycles. The van der Waals surface area contributed by atoms with E-state index < -0.39 is 0 Å². The van der Waals surface area contributed by atoms with Crippen LogP contribution in [0.5, 0.6) is 0 Å². The van der Waals surface area contributed by atoms with Gasteiger partial charge in [-0.3, -0.25) is 9.59 Å². The third-order valence-corrected chi connectivity index (χ3v) is 4.83. The van der Waals surface area contributed by atoms with Gasteiger partial charge < -0.3 is 20.4 Å². The molecule has 1 aliphatic rings. The molecule has 6 nitrogen and oxygen atoms in total. The van der Waals surface area contributed by atoms with Crippen molar-refractivity contribution >= 4 is 17.5 Å². The van der Waals surface area contributed by atoms with Gasteiger partial charge in [0.25, 0.3) is 5.91 Å². The molecular weight excluding hydrogens is 342 g/mol. The molecular formula is C21H27N3O3. The van der Waals surface area contributed by atoms with E-state index in [0.29, 0.717) is 23.6 Å². The lowest BCUT2D eigenvalue weighted by molar-refractivity contribution is -0.120. The van der Waals surface area contributed by atoms with E-state index in [-0.39, 0.29) is 24.4 Å². The number of anilines is 1. The summed E-state index contributed by atoms with van der Waals surface area (Å²) in [5.41, 5.74) is 1.15. The molecule has 3 N–H and O–H groups in total. The molecule has 0 radical (unpaired) electrons. The van der Waals surface area contributed by atoms with Crippen LogP contribution < -0.4 is 16.0 Å². The summed E-state index contributed by atoms with van der Waals surface area (Å²) in [6.45, 7) is 0.474. The Morgan fingerprint density at radius 2 is 1.78 bits per heavy atom. The molecule has 6 heteroatoms. The van der Waals surface area contributed by atoms with E-state index >= 15 is 0 Å². The molecule has 0 saturated heterocycles. The van der Waals surface area contributed by atoms with Gasteiger partial charge in [-0.15, -0.1) is 0 Å². The fraction of sp³-hybridized carbons (Fsp3) is 0.429. The van der Waals surface area contributed by atoms with Crippen LogP contribution in [0, 0.1) is 0 Å². The summed E-state index contributed by atoms with van der Waals surface area (Å²) in [6, 6.07) is 11.1. The van der Waals surface area contributed by atoms with Crippen LogP contribution in [0.25, 0.3) is 0 Å². The Morgan fingerprint density at radius 3 is 2.52 bits per heavy atom. The minimum absolute atomic E-state index is 0.0345. The van der Waals surface area contributed by atoms with Crippen molar-refractivity contribution in [3.05, 3.63) is 54.0 Å². The van der Waals surface area contributed by atoms with Crippen molar-refractivity contribution < 1.29 is 14.0 Å². The van der Waals surface area contributed by atoms with Gasteiger partial charge in [0.05, 0.1) is 24.9 Å². The van der Waals surface area contributed by atoms with Crippen LogP contribution in [0.4, 0.5) is 5.69 Å². The van der Waals surface area contributed by atoms with Gasteiger partial charge in [-0.2, -0.15) is 0 Å². The van der Waals surface area contributed by atoms with Crippen molar-refractivity contribution in [3.8, 4) is 0 Å². The molecule has 27 heavy (non-hydrogen) atoms. The molecule has 0 aliphatic heterocycles. The van der Waals surface area contributed by atoms with Crippen LogP contribution in [-0.2, 0) is 11.3 Å². The zero-order valence-corrected chi connectivity index (χ0v) is 15.5. The van der Waals surface area contributed by atoms with E-state index in [4.69, 9.17) is 4.42 Å². The lowest BCUT2D eigenvalue weighted by Gasteiger charge is -2.17. The van der Waals surface area contributed by atoms with Crippen LogP contribution in [-0.4, -0.2) is 24.4 Å². The average Bonchev–Trinajstić information content (AvgIpc) is 3.08. The first-order valence-corrected chi connectivity index (χ1v) is 9.65. The summed E-state index contributed by atoms with van der Waals surface area (Å²) in [5.74, 6) is 0.447. The SMILES string of the molecule is O=C(CNc1ccccc1C(=O)NCc1ccco1)NC1CCCCCC1. The van der Waals surface area contributed by atoms with Crippen LogP contribution in [0.3, 0.4) is 0 Å². The number of amides is 2. The zero-order chi connectivity index (χ0) is 18.9. The van der Waals surface area contributed by atoms with E-state index in [2.05, 4.69) is 16.0 Å². The summed E-state index contributed by atoms with van der Waals surface area (Å²) in [7, 11) is 0. The Balaban J connectivity index is 1.52. The summed E-state index contributed by atoms with van der Waals surface area (Å²) in [5, 5.41) is 9.03. The molecule has 0 spiro atoms. The van der Waals surface area contributed by atoms with Crippen molar-refractivity contribution in [3.63, 3.8) is 0 Å². The Morgan fingerprint density at radius 1 is 1.00 bits per heavy atom. The van der Waals surface area contributed by atoms with Crippen molar-refractivity contribution in [1.29, 1.82) is 0 Å². The second-order valence-corrected chi connectivity index (χ2v) is 6.92. The van der Waals surface area contributed by atoms with Crippen molar-refractivity contribution in [2.45, 2.75) is 51.1 Å². The highest BCUT2D eigenvalue weighted by atomic mass is 16.3. The summed E-state index contributed by atoms with van der Waals surface area (Å²) < 4.78 is 5.23. The number of nitrogens with one attached hydrogen (secondary N) is 3. The lowest BCUT2D eigenvalue weighted by Crippen LogP contribution is -2.38. The van der Waals surface area contributed by atoms with Gasteiger partial charge in [-0.05, 0) is 37.1 Å². The molecule has 1 fully saturated rings. The fourth-order valence-corrected chi connectivity index (χ4v) is 3.39. The molecule has 1 saturated carbocycles. The van der Waals surface area contributed by atoms with Crippen LogP contribution in [0.15, 0.2) is 47.1 Å². The topological polar surface area (TPSA) is 83.4 Å². The zero-order valence-electron chi connectivity index (χ0n) is 15.5. The molecule has 3 rings (SSSR count). The number of hydrogen-bond donors (Lipinski definition) is 3. The second-order valence-electron chi connectivity index (χ2n) is 6.92. The van der Waals surface area contributed by atoms with Gasteiger partial charge in [-0.25, -0.2) is 0 Å². The van der Waals surface area contributed by atoms with Gasteiger partial charge >= 0.3 is 0 Å². The van der Waals surface area contributed by atoms with E-state index in [9.17, 15) is 9.59 Å². The number of furan rings is 1. The number of para-hydroxylation sites is 1. The minimum Gasteiger partial charge on any atom is -0.467 e. The first-order chi connectivity index (χ1) is 13.2. The van der Waals surface area contributed by atoms with Gasteiger partial charge in [0.2, 0.25) is 5.91 Å². The molecule has 144 valence electrons. The Labute approximate surface area is 159 Å². The van der Waals surface area contributed by atoms with Gasteiger partial charge in [0.15, 0.2) is 0 Å². The van der Waals surface area contributed by atoms with E-state index in [1.165, 1.54) is 25.7 Å². The number of hydrogen-bond acceptors (Lipinski definition) is 4. The molecule has 1 aromatic carbocycles. The quantitative estimate of drug-likeness (QED) is 0.653. The smallest absolute Gasteiger partial charge is 0.253 e. The maximum atomic E-state index is 12.5. The van der Waals surface area contributed by atoms with E-state index in [1.807, 2.05) is 12.1 Å². The van der Waals surface area contributed by atoms with Crippen LogP contribution in [0.1, 0.15) is 54.6 Å². The molecule has 2 aromatic rings. The Kier molecular flexibility index (Phi) is 6.90. The summed E-state index contributed by atoms with van der Waals surface area (Å²) in [6.07, 6.45) is 8.54. The standard InChI is InChI=1S/C21H27N3O3/c25-20(24-16-8-3-1-2-4-9-16)15-22-19-12-6-5-11-18(19)21(26)23-14-17-10-7-13-27-17/h5-7,10-13,16,22H,1-4,8-9,14-15H2,(H,23,26)(H,24,25). The molecule has 0 atom stereocenters. The first kappa shape index (κ1) is 19.0. The Bertz CT molecular complexity index is 735. The highest BCUT2D eigenvalue weighted by molar-refractivity contribution is 6.00. The summed E-state index contributed by atoms with van der Waals surface area (Å²) in [4.78, 5) is 24.7. The van der Waals surface area contributed by atoms with Crippen molar-refractivity contribution in [2.75, 3.05) is 11.9 Å². The third-order valence-electron chi connectivity index (χ3n) is 4.83. The largest absolute Gasteiger partial charge is 0.467 e. The first-order valence-electron chi connectivity index (χ1n) is 9.65. The maximum absolute atomic E-state index is 12.5. The predicted octanol–water partition coefficient (Wildman–Crippen LogP) is 3.46. The minimum atomic E-state index is -0.210. The molecule has 0 unspecified atom stereocenters. The normalized spacial score (nSPS) is 15.0. The van der Waals surface area contributed by atoms with Crippen molar-refractivity contribution in [1.82, 2.24) is 10.6 Å². The van der Waals surface area contributed by atoms with E-state index in [0.717, 1.165) is 12.8 Å². The third kappa shape index (κ3) is 5.88. The number of carbonyl (C=O) groups excluding carboxylic acids is 2. The van der Waals surface area contributed by atoms with Gasteiger partial charge in [0.1, 0.15) is 5.76 Å². The highest BCUT2D eigenvalue weighted by Crippen LogP contribution is 2.18. The number of benzene rings is 1. The molecule has 1 heterocycles. The highest BCUT2D eigenvalue weighted by Gasteiger charge is 2.16. The van der Waals surface area contributed by atoms with Gasteiger partial charge in [0, 0.05) is 11.7 Å². The van der Waals surface area contributed by atoms with E-state index in [1.54, 1.807) is 30.5 Å². The van der Waals surface area contributed by atoms with Gasteiger partial charge in [-0.1, -0.05) is 37.8 Å². The summed E-state index contributed by atoms with van der Waals surface area (Å²) >= 11 is 0. The second kappa shape index (κ2) is 9.80. The maximum Gasteiger partial charge on any atom is 0.253 e. The van der Waals surface area contributed by atoms with Crippen LogP contribution in [0.2, 0.25) is 0 Å². The van der Waals surface area contributed by atoms with Crippen molar-refractivity contribution in [2.24, 2.45) is 0 Å². The molecule has 1 aliphatic carbocycles. The molecule has 0 bridgehead atoms. The predicted molar refractivity (Wildman–Crippen MR) is 104 cm³/mol. The lowest BCUT2D eigenvalue weighted by atomic mass is 10.1. The molecule has 2 amide bonds. The number of rotatable bonds is 7. The van der Waals surface area contributed by atoms with Crippen LogP contribution >= 0.6 is 0 Å². The Hall–Kier alpha value is -2.76. The fourth-order valence-electron chi connectivity index (χ4n) is 3.39. The average molecular weight is 369 g/mol.